The summed E-state index contributed by atoms with van der Waals surface area (Å²) in [5.74, 6) is 1.00. The molecule has 1 unspecified atom stereocenters. The molecule has 0 aliphatic heterocycles. The maximum absolute atomic E-state index is 10.6. The fraction of sp³-hybridized carbons (Fsp3) is 0.720. The van der Waals surface area contributed by atoms with Gasteiger partial charge in [-0.1, -0.05) is 65.0 Å². The Bertz CT molecular complexity index is 565. The maximum Gasteiger partial charge on any atom is 0.191 e. The lowest BCUT2D eigenvalue weighted by Crippen LogP contribution is -2.41. The fourth-order valence-corrected chi connectivity index (χ4v) is 4.22. The Morgan fingerprint density at radius 1 is 1.00 bits per heavy atom. The molecular formula is C25H44O3Si. The topological polar surface area (TPSA) is 35.5 Å². The predicted molar refractivity (Wildman–Crippen MR) is 126 cm³/mol. The van der Waals surface area contributed by atoms with Crippen LogP contribution in [-0.4, -0.2) is 27.3 Å². The molecule has 0 radical (unpaired) electrons. The summed E-state index contributed by atoms with van der Waals surface area (Å²) < 4.78 is 12.8. The second-order valence-electron chi connectivity index (χ2n) is 10.1. The normalized spacial score (nSPS) is 15.7. The molecule has 0 heterocycles. The second kappa shape index (κ2) is 12.7. The van der Waals surface area contributed by atoms with Crippen molar-refractivity contribution in [3.8, 4) is 0 Å². The number of benzene rings is 1. The molecule has 0 aromatic heterocycles. The standard InChI is InChI=1S/C25H44O3Si/c1-21(12-11-18-26)15-16-24(27-20-23-13-9-8-10-14-23)22(2)17-19-28-29(6,7)25(3,4)5/h8-10,13-14,18,21-22,24H,11-12,15-17,19-20H2,1-7H3/t21-,22-,24?/m1/s1. The van der Waals surface area contributed by atoms with Gasteiger partial charge in [-0.15, -0.1) is 0 Å². The van der Waals surface area contributed by atoms with Crippen LogP contribution in [0.4, 0.5) is 0 Å². The Hall–Kier alpha value is -0.973. The number of hydrogen-bond donors (Lipinski definition) is 0. The van der Waals surface area contributed by atoms with Crippen molar-refractivity contribution in [1.29, 1.82) is 0 Å². The molecule has 3 atom stereocenters. The van der Waals surface area contributed by atoms with E-state index in [1.54, 1.807) is 0 Å². The monoisotopic (exact) mass is 420 g/mol. The van der Waals surface area contributed by atoms with Gasteiger partial charge in [-0.3, -0.25) is 0 Å². The van der Waals surface area contributed by atoms with E-state index in [0.29, 0.717) is 24.9 Å². The first-order chi connectivity index (χ1) is 13.6. The van der Waals surface area contributed by atoms with Crippen LogP contribution in [0.15, 0.2) is 30.3 Å². The number of aldehydes is 1. The fourth-order valence-electron chi connectivity index (χ4n) is 3.16. The minimum atomic E-state index is -1.70. The summed E-state index contributed by atoms with van der Waals surface area (Å²) in [5, 5.41) is 0.244. The van der Waals surface area contributed by atoms with Crippen molar-refractivity contribution in [2.45, 2.75) is 97.6 Å². The van der Waals surface area contributed by atoms with Gasteiger partial charge in [0, 0.05) is 13.0 Å². The SMILES string of the molecule is C[C@H](CCC=O)CCC(OCc1ccccc1)[C@H](C)CCO[Si](C)(C)C(C)(C)C. The summed E-state index contributed by atoms with van der Waals surface area (Å²) in [5.41, 5.74) is 1.22. The van der Waals surface area contributed by atoms with E-state index in [2.05, 4.69) is 72.0 Å². The molecule has 1 aromatic carbocycles. The molecule has 0 saturated carbocycles. The van der Waals surface area contributed by atoms with Crippen LogP contribution in [0.3, 0.4) is 0 Å². The van der Waals surface area contributed by atoms with Gasteiger partial charge in [-0.05, 0) is 61.2 Å². The van der Waals surface area contributed by atoms with E-state index in [-0.39, 0.29) is 11.1 Å². The molecule has 0 fully saturated rings. The number of ether oxygens (including phenoxy) is 1. The third-order valence-electron chi connectivity index (χ3n) is 6.51. The highest BCUT2D eigenvalue weighted by molar-refractivity contribution is 6.74. The lowest BCUT2D eigenvalue weighted by atomic mass is 9.92. The molecule has 0 aliphatic rings. The summed E-state index contributed by atoms with van der Waals surface area (Å²) in [6.07, 6.45) is 6.03. The average Bonchev–Trinajstić information content (AvgIpc) is 2.66. The van der Waals surface area contributed by atoms with E-state index in [1.807, 2.05) is 6.07 Å². The van der Waals surface area contributed by atoms with Crippen molar-refractivity contribution in [1.82, 2.24) is 0 Å². The summed E-state index contributed by atoms with van der Waals surface area (Å²) >= 11 is 0. The summed E-state index contributed by atoms with van der Waals surface area (Å²) in [7, 11) is -1.70. The molecule has 1 aromatic rings. The average molecular weight is 421 g/mol. The number of hydrogen-bond acceptors (Lipinski definition) is 3. The van der Waals surface area contributed by atoms with Crippen molar-refractivity contribution < 1.29 is 14.0 Å². The minimum absolute atomic E-state index is 0.219. The van der Waals surface area contributed by atoms with E-state index < -0.39 is 8.32 Å². The first-order valence-electron chi connectivity index (χ1n) is 11.3. The van der Waals surface area contributed by atoms with E-state index in [1.165, 1.54) is 5.56 Å². The molecule has 29 heavy (non-hydrogen) atoms. The number of carbonyl (C=O) groups excluding carboxylic acids is 1. The van der Waals surface area contributed by atoms with Crippen LogP contribution in [0.1, 0.15) is 72.3 Å². The quantitative estimate of drug-likeness (QED) is 0.240. The molecule has 0 spiro atoms. The zero-order valence-corrected chi connectivity index (χ0v) is 20.9. The summed E-state index contributed by atoms with van der Waals surface area (Å²) in [4.78, 5) is 10.6. The van der Waals surface area contributed by atoms with Gasteiger partial charge in [0.1, 0.15) is 6.29 Å². The largest absolute Gasteiger partial charge is 0.417 e. The second-order valence-corrected chi connectivity index (χ2v) is 14.9. The Morgan fingerprint density at radius 2 is 1.66 bits per heavy atom. The van der Waals surface area contributed by atoms with Gasteiger partial charge in [0.05, 0.1) is 12.7 Å². The molecule has 166 valence electrons. The van der Waals surface area contributed by atoms with Gasteiger partial charge < -0.3 is 14.0 Å². The molecular weight excluding hydrogens is 376 g/mol. The van der Waals surface area contributed by atoms with Crippen molar-refractivity contribution >= 4 is 14.6 Å². The molecule has 1 rings (SSSR count). The van der Waals surface area contributed by atoms with Crippen LogP contribution in [0.2, 0.25) is 18.1 Å². The Kier molecular flexibility index (Phi) is 11.4. The van der Waals surface area contributed by atoms with Crippen molar-refractivity contribution in [2.75, 3.05) is 6.61 Å². The third-order valence-corrected chi connectivity index (χ3v) is 11.0. The van der Waals surface area contributed by atoms with E-state index in [4.69, 9.17) is 9.16 Å². The molecule has 4 heteroatoms. The molecule has 0 N–H and O–H groups in total. The van der Waals surface area contributed by atoms with Crippen molar-refractivity contribution in [3.63, 3.8) is 0 Å². The predicted octanol–water partition coefficient (Wildman–Crippen LogP) is 7.02. The van der Waals surface area contributed by atoms with Gasteiger partial charge >= 0.3 is 0 Å². The zero-order valence-electron chi connectivity index (χ0n) is 19.9. The third kappa shape index (κ3) is 10.1. The molecule has 0 bridgehead atoms. The smallest absolute Gasteiger partial charge is 0.191 e. The van der Waals surface area contributed by atoms with Crippen LogP contribution >= 0.6 is 0 Å². The van der Waals surface area contributed by atoms with Crippen LogP contribution in [0.25, 0.3) is 0 Å². The molecule has 0 aliphatic carbocycles. The highest BCUT2D eigenvalue weighted by Crippen LogP contribution is 2.36. The van der Waals surface area contributed by atoms with Crippen molar-refractivity contribution in [2.24, 2.45) is 11.8 Å². The van der Waals surface area contributed by atoms with Gasteiger partial charge in [0.2, 0.25) is 0 Å². The molecule has 3 nitrogen and oxygen atoms in total. The maximum atomic E-state index is 10.6. The van der Waals surface area contributed by atoms with Gasteiger partial charge in [-0.2, -0.15) is 0 Å². The van der Waals surface area contributed by atoms with E-state index in [0.717, 1.165) is 38.6 Å². The number of rotatable bonds is 14. The van der Waals surface area contributed by atoms with Crippen LogP contribution < -0.4 is 0 Å². The first-order valence-corrected chi connectivity index (χ1v) is 14.2. The molecule has 0 saturated heterocycles. The highest BCUT2D eigenvalue weighted by Gasteiger charge is 2.37. The van der Waals surface area contributed by atoms with Gasteiger partial charge in [-0.25, -0.2) is 0 Å². The van der Waals surface area contributed by atoms with Gasteiger partial charge in [0.15, 0.2) is 8.32 Å². The minimum Gasteiger partial charge on any atom is -0.417 e. The summed E-state index contributed by atoms with van der Waals surface area (Å²) in [6, 6.07) is 10.4. The van der Waals surface area contributed by atoms with E-state index >= 15 is 0 Å². The van der Waals surface area contributed by atoms with Crippen molar-refractivity contribution in [3.05, 3.63) is 35.9 Å². The van der Waals surface area contributed by atoms with Gasteiger partial charge in [0.25, 0.3) is 0 Å². The Morgan fingerprint density at radius 3 is 2.24 bits per heavy atom. The highest BCUT2D eigenvalue weighted by atomic mass is 28.4. The summed E-state index contributed by atoms with van der Waals surface area (Å²) in [6.45, 7) is 17.5. The Balaban J connectivity index is 2.61. The molecule has 0 amide bonds. The Labute approximate surface area is 180 Å². The number of carbonyl (C=O) groups is 1. The lowest BCUT2D eigenvalue weighted by Gasteiger charge is -2.36. The van der Waals surface area contributed by atoms with Crippen LogP contribution in [0.5, 0.6) is 0 Å². The first kappa shape index (κ1) is 26.1. The van der Waals surface area contributed by atoms with Crippen LogP contribution in [0, 0.1) is 11.8 Å². The van der Waals surface area contributed by atoms with E-state index in [9.17, 15) is 4.79 Å². The zero-order chi connectivity index (χ0) is 21.9. The van der Waals surface area contributed by atoms with Crippen LogP contribution in [-0.2, 0) is 20.6 Å². The lowest BCUT2D eigenvalue weighted by molar-refractivity contribution is -0.108.